The zero-order valence-corrected chi connectivity index (χ0v) is 32.9. The molecule has 2 saturated carbocycles. The van der Waals surface area contributed by atoms with Crippen LogP contribution in [-0.2, 0) is 24.4 Å². The van der Waals surface area contributed by atoms with E-state index in [0.717, 1.165) is 11.9 Å². The largest absolute Gasteiger partial charge is 0.472 e. The standard InChI is InChI=1S/C38H50N8O8S/c1-22-11-7-8-12-24-19-38(24,33(49)43-55(52,53)37(6)15-16-37)41-30(47)28-18-25(54-31-26-13-9-10-14-27(26)45-21-39-42-34(45)40-31)20-44(28)32(48)29(23(2)17-22)46(35(50)51)36(3,4)5/h8-10,12-14,21-25,28-29H,7,11,15-20H2,1-6H3,(H,41,47)(H,43,49)(H,50,51)/t22-,23+,24+,25+,28-,29-,38+/m0/s1. The lowest BCUT2D eigenvalue weighted by Crippen LogP contribution is -2.62. The topological polar surface area (TPSA) is 206 Å². The Balaban J connectivity index is 1.28. The van der Waals surface area contributed by atoms with Gasteiger partial charge in [0.2, 0.25) is 27.7 Å². The van der Waals surface area contributed by atoms with Crippen LogP contribution in [-0.4, -0.2) is 107 Å². The smallest absolute Gasteiger partial charge is 0.408 e. The minimum atomic E-state index is -4.02. The molecule has 2 aromatic heterocycles. The van der Waals surface area contributed by atoms with Crippen LogP contribution in [0.5, 0.6) is 5.88 Å². The molecular weight excluding hydrogens is 729 g/mol. The van der Waals surface area contributed by atoms with Gasteiger partial charge >= 0.3 is 6.09 Å². The van der Waals surface area contributed by atoms with Gasteiger partial charge in [-0.05, 0) is 90.2 Å². The third-order valence-electron chi connectivity index (χ3n) is 11.8. The normalized spacial score (nSPS) is 29.7. The van der Waals surface area contributed by atoms with Crippen LogP contribution in [0, 0.1) is 17.8 Å². The number of sulfonamides is 1. The zero-order chi connectivity index (χ0) is 39.7. The monoisotopic (exact) mass is 778 g/mol. The molecule has 1 saturated heterocycles. The Kier molecular flexibility index (Phi) is 9.61. The molecular formula is C38H50N8O8S. The zero-order valence-electron chi connectivity index (χ0n) is 32.1. The van der Waals surface area contributed by atoms with E-state index in [4.69, 9.17) is 4.74 Å². The number of aromatic nitrogens is 4. The number of rotatable bonds is 6. The summed E-state index contributed by atoms with van der Waals surface area (Å²) in [5, 5.41) is 22.2. The molecule has 2 aliphatic carbocycles. The van der Waals surface area contributed by atoms with Crippen LogP contribution in [0.25, 0.3) is 16.7 Å². The lowest BCUT2D eigenvalue weighted by Gasteiger charge is -2.43. The van der Waals surface area contributed by atoms with Crippen molar-refractivity contribution in [2.75, 3.05) is 6.54 Å². The van der Waals surface area contributed by atoms with Crippen molar-refractivity contribution >= 4 is 50.5 Å². The Labute approximate surface area is 320 Å². The second-order valence-electron chi connectivity index (χ2n) is 17.2. The van der Waals surface area contributed by atoms with Crippen LogP contribution in [0.15, 0.2) is 42.7 Å². The van der Waals surface area contributed by atoms with Gasteiger partial charge in [0.15, 0.2) is 0 Å². The molecule has 4 amide bonds. The van der Waals surface area contributed by atoms with Crippen molar-refractivity contribution in [3.63, 3.8) is 0 Å². The van der Waals surface area contributed by atoms with Crippen molar-refractivity contribution in [1.82, 2.24) is 39.4 Å². The van der Waals surface area contributed by atoms with Crippen molar-refractivity contribution in [2.24, 2.45) is 17.8 Å². The molecule has 3 N–H and O–H groups in total. The third kappa shape index (κ3) is 7.11. The number of nitrogens with zero attached hydrogens (tertiary/aromatic N) is 6. The molecule has 0 spiro atoms. The second kappa shape index (κ2) is 13.7. The summed E-state index contributed by atoms with van der Waals surface area (Å²) in [4.78, 5) is 63.7. The van der Waals surface area contributed by atoms with E-state index in [2.05, 4.69) is 32.1 Å². The molecule has 3 fully saturated rings. The SMILES string of the molecule is C[C@H]1CCC=C[C@@H]2C[C@@]2(C(=O)NS(=O)(=O)C2(C)CC2)NC(=O)[C@@H]2C[C@@H](Oc3nc4nncn4c4ccccc34)CN2C(=O)[C@@H](N(C(=O)O)C(C)(C)C)[C@H](C)C1. The van der Waals surface area contributed by atoms with Crippen LogP contribution in [0.2, 0.25) is 0 Å². The fourth-order valence-corrected chi connectivity index (χ4v) is 9.62. The summed E-state index contributed by atoms with van der Waals surface area (Å²) >= 11 is 0. The predicted molar refractivity (Wildman–Crippen MR) is 201 cm³/mol. The maximum atomic E-state index is 15.1. The lowest BCUT2D eigenvalue weighted by molar-refractivity contribution is -0.146. The minimum Gasteiger partial charge on any atom is -0.472 e. The first-order chi connectivity index (χ1) is 25.8. The summed E-state index contributed by atoms with van der Waals surface area (Å²) in [6, 6.07) is 5.03. The highest BCUT2D eigenvalue weighted by Crippen LogP contribution is 2.48. The summed E-state index contributed by atoms with van der Waals surface area (Å²) in [6.07, 6.45) is 6.22. The number of hydrogen-bond acceptors (Lipinski definition) is 10. The van der Waals surface area contributed by atoms with Gasteiger partial charge in [-0.2, -0.15) is 4.98 Å². The van der Waals surface area contributed by atoms with Gasteiger partial charge < -0.3 is 20.1 Å². The highest BCUT2D eigenvalue weighted by Gasteiger charge is 2.63. The molecule has 0 unspecified atom stereocenters. The fourth-order valence-electron chi connectivity index (χ4n) is 8.30. The number of hydrogen-bond donors (Lipinski definition) is 3. The van der Waals surface area contributed by atoms with E-state index in [0.29, 0.717) is 31.1 Å². The van der Waals surface area contributed by atoms with Crippen molar-refractivity contribution in [1.29, 1.82) is 0 Å². The van der Waals surface area contributed by atoms with Gasteiger partial charge in [-0.1, -0.05) is 38.1 Å². The number of carbonyl (C=O) groups excluding carboxylic acids is 3. The van der Waals surface area contributed by atoms with E-state index in [9.17, 15) is 27.9 Å². The van der Waals surface area contributed by atoms with E-state index in [1.165, 1.54) is 16.1 Å². The number of nitrogens with one attached hydrogen (secondary N) is 2. The first-order valence-corrected chi connectivity index (χ1v) is 20.5. The van der Waals surface area contributed by atoms with Gasteiger partial charge in [-0.25, -0.2) is 13.2 Å². The van der Waals surface area contributed by atoms with Gasteiger partial charge in [-0.15, -0.1) is 10.2 Å². The summed E-state index contributed by atoms with van der Waals surface area (Å²) < 4.78 is 35.9. The molecule has 7 rings (SSSR count). The molecule has 2 aliphatic heterocycles. The molecule has 0 radical (unpaired) electrons. The highest BCUT2D eigenvalue weighted by molar-refractivity contribution is 7.91. The molecule has 0 bridgehead atoms. The summed E-state index contributed by atoms with van der Waals surface area (Å²) in [5.74, 6) is -2.35. The molecule has 7 atom stereocenters. The van der Waals surface area contributed by atoms with Crippen LogP contribution < -0.4 is 14.8 Å². The van der Waals surface area contributed by atoms with Gasteiger partial charge in [0, 0.05) is 17.9 Å². The van der Waals surface area contributed by atoms with Crippen molar-refractivity contribution in [3.05, 3.63) is 42.7 Å². The maximum Gasteiger partial charge on any atom is 0.408 e. The maximum absolute atomic E-state index is 15.1. The number of amides is 4. The van der Waals surface area contributed by atoms with E-state index in [1.54, 1.807) is 32.1 Å². The summed E-state index contributed by atoms with van der Waals surface area (Å²) in [5.41, 5.74) is -1.81. The minimum absolute atomic E-state index is 0.0138. The van der Waals surface area contributed by atoms with Crippen LogP contribution >= 0.6 is 0 Å². The van der Waals surface area contributed by atoms with Crippen LogP contribution in [0.4, 0.5) is 4.79 Å². The second-order valence-corrected chi connectivity index (χ2v) is 19.4. The third-order valence-corrected chi connectivity index (χ3v) is 14.0. The van der Waals surface area contributed by atoms with E-state index >= 15 is 4.79 Å². The highest BCUT2D eigenvalue weighted by atomic mass is 32.2. The number of ether oxygens (including phenoxy) is 1. The van der Waals surface area contributed by atoms with Crippen LogP contribution in [0.3, 0.4) is 0 Å². The average Bonchev–Trinajstić information content (AvgIpc) is 3.89. The predicted octanol–water partition coefficient (Wildman–Crippen LogP) is 3.66. The Morgan fingerprint density at radius 1 is 1.13 bits per heavy atom. The first-order valence-electron chi connectivity index (χ1n) is 19.0. The molecule has 17 heteroatoms. The molecule has 296 valence electrons. The van der Waals surface area contributed by atoms with E-state index in [1.807, 2.05) is 43.3 Å². The van der Waals surface area contributed by atoms with Gasteiger partial charge in [-0.3, -0.25) is 28.4 Å². The van der Waals surface area contributed by atoms with E-state index < -0.39 is 79.7 Å². The number of fused-ring (bicyclic) bond motifs is 5. The van der Waals surface area contributed by atoms with Crippen LogP contribution in [0.1, 0.15) is 86.5 Å². The molecule has 55 heavy (non-hydrogen) atoms. The number of benzene rings is 1. The van der Waals surface area contributed by atoms with E-state index in [-0.39, 0.29) is 37.0 Å². The molecule has 4 heterocycles. The quantitative estimate of drug-likeness (QED) is 0.308. The van der Waals surface area contributed by atoms with Gasteiger partial charge in [0.25, 0.3) is 11.7 Å². The van der Waals surface area contributed by atoms with Crippen molar-refractivity contribution in [3.8, 4) is 5.88 Å². The van der Waals surface area contributed by atoms with Gasteiger partial charge in [0.1, 0.15) is 30.1 Å². The Hall–Kier alpha value is -4.80. The number of carbonyl (C=O) groups is 4. The number of allylic oxidation sites excluding steroid dienone is 1. The molecule has 3 aromatic rings. The summed E-state index contributed by atoms with van der Waals surface area (Å²) in [7, 11) is -4.02. The Morgan fingerprint density at radius 2 is 1.85 bits per heavy atom. The van der Waals surface area contributed by atoms with Crippen molar-refractivity contribution < 1.29 is 37.4 Å². The Morgan fingerprint density at radius 3 is 2.55 bits per heavy atom. The molecule has 16 nitrogen and oxygen atoms in total. The first kappa shape index (κ1) is 38.5. The van der Waals surface area contributed by atoms with Crippen molar-refractivity contribution in [2.45, 2.75) is 121 Å². The average molecular weight is 779 g/mol. The summed E-state index contributed by atoms with van der Waals surface area (Å²) in [6.45, 7) is 10.6. The molecule has 1 aromatic carbocycles. The number of para-hydroxylation sites is 1. The Bertz CT molecular complexity index is 2180. The lowest BCUT2D eigenvalue weighted by atomic mass is 9.85. The molecule has 4 aliphatic rings. The number of carboxylic acid groups (broad SMARTS) is 1. The fraction of sp³-hybridized carbons (Fsp3) is 0.605. The van der Waals surface area contributed by atoms with Gasteiger partial charge in [0.05, 0.1) is 22.2 Å².